The van der Waals surface area contributed by atoms with E-state index in [2.05, 4.69) is 10.2 Å². The third-order valence-electron chi connectivity index (χ3n) is 5.21. The topological polar surface area (TPSA) is 107 Å². The Labute approximate surface area is 186 Å². The molecule has 4 rings (SSSR count). The quantitative estimate of drug-likeness (QED) is 0.457. The number of anilines is 2. The Balaban J connectivity index is 1.99. The number of ether oxygens (including phenoxy) is 1. The summed E-state index contributed by atoms with van der Waals surface area (Å²) < 4.78 is 34.5. The van der Waals surface area contributed by atoms with Gasteiger partial charge in [-0.2, -0.15) is 0 Å². The van der Waals surface area contributed by atoms with Crippen molar-refractivity contribution in [2.24, 2.45) is 0 Å². The minimum Gasteiger partial charge on any atom is -0.378 e. The fraction of sp³-hybridized carbons (Fsp3) is 0.364. The molecule has 10 heteroatoms. The minimum absolute atomic E-state index is 0.0191. The minimum atomic E-state index is -4.06. The Morgan fingerprint density at radius 3 is 2.25 bits per heavy atom. The van der Waals surface area contributed by atoms with Crippen LogP contribution in [-0.4, -0.2) is 49.2 Å². The first kappa shape index (κ1) is 22.1. The molecule has 0 radical (unpaired) electrons. The molecule has 1 aliphatic rings. The number of non-ortho nitro benzene ring substituents is 1. The number of para-hydroxylation sites is 1. The molecule has 1 fully saturated rings. The highest BCUT2D eigenvalue weighted by atomic mass is 32.2. The van der Waals surface area contributed by atoms with E-state index in [0.29, 0.717) is 37.6 Å². The molecule has 0 bridgehead atoms. The van der Waals surface area contributed by atoms with Crippen LogP contribution in [0.2, 0.25) is 0 Å². The second-order valence-corrected chi connectivity index (χ2v) is 10.5. The maximum atomic E-state index is 13.8. The highest BCUT2D eigenvalue weighted by Crippen LogP contribution is 2.42. The van der Waals surface area contributed by atoms with Gasteiger partial charge in [0.05, 0.1) is 34.2 Å². The van der Waals surface area contributed by atoms with Gasteiger partial charge in [-0.1, -0.05) is 18.2 Å². The van der Waals surface area contributed by atoms with Crippen LogP contribution in [0.15, 0.2) is 53.4 Å². The second kappa shape index (κ2) is 8.10. The van der Waals surface area contributed by atoms with E-state index in [-0.39, 0.29) is 10.6 Å². The number of nitro groups is 1. The van der Waals surface area contributed by atoms with Gasteiger partial charge in [0.25, 0.3) is 15.7 Å². The Hall–Kier alpha value is -3.11. The van der Waals surface area contributed by atoms with Gasteiger partial charge in [0.2, 0.25) is 0 Å². The van der Waals surface area contributed by atoms with E-state index in [9.17, 15) is 18.5 Å². The Morgan fingerprint density at radius 2 is 1.66 bits per heavy atom. The average Bonchev–Trinajstić information content (AvgIpc) is 3.07. The third kappa shape index (κ3) is 4.03. The van der Waals surface area contributed by atoms with Crippen molar-refractivity contribution in [3.8, 4) is 0 Å². The standard InChI is InChI=1S/C22H26N4O5S/c1-22(2,3)23-21-20(24-12-14-31-15-13-24)18-6-4-5-7-19(18)25(21)32(29,30)17-10-8-16(9-11-17)26(27)28/h4-11,23H,12-15H2,1-3H3. The van der Waals surface area contributed by atoms with Crippen LogP contribution in [0.1, 0.15) is 20.8 Å². The maximum absolute atomic E-state index is 13.8. The van der Waals surface area contributed by atoms with E-state index < -0.39 is 20.5 Å². The van der Waals surface area contributed by atoms with Crippen LogP contribution in [0.25, 0.3) is 10.9 Å². The van der Waals surface area contributed by atoms with Gasteiger partial charge in [-0.3, -0.25) is 10.1 Å². The molecular formula is C22H26N4O5S. The van der Waals surface area contributed by atoms with Crippen LogP contribution in [0, 0.1) is 10.1 Å². The zero-order valence-corrected chi connectivity index (χ0v) is 19.1. The fourth-order valence-electron chi connectivity index (χ4n) is 3.86. The van der Waals surface area contributed by atoms with Crippen molar-refractivity contribution < 1.29 is 18.1 Å². The van der Waals surface area contributed by atoms with E-state index >= 15 is 0 Å². The van der Waals surface area contributed by atoms with Gasteiger partial charge in [0.1, 0.15) is 5.82 Å². The molecule has 0 aliphatic carbocycles. The molecular weight excluding hydrogens is 432 g/mol. The van der Waals surface area contributed by atoms with Gasteiger partial charge >= 0.3 is 0 Å². The van der Waals surface area contributed by atoms with E-state index in [0.717, 1.165) is 11.1 Å². The SMILES string of the molecule is CC(C)(C)Nc1c(N2CCOCC2)c2ccccc2n1S(=O)(=O)c1ccc([N+](=O)[O-])cc1. The lowest BCUT2D eigenvalue weighted by Crippen LogP contribution is -2.37. The first-order chi connectivity index (χ1) is 15.1. The molecule has 0 saturated carbocycles. The normalized spacial score (nSPS) is 15.2. The number of aromatic nitrogens is 1. The van der Waals surface area contributed by atoms with Gasteiger partial charge in [-0.25, -0.2) is 12.4 Å². The predicted octanol–water partition coefficient (Wildman–Crippen LogP) is 3.83. The van der Waals surface area contributed by atoms with Crippen molar-refractivity contribution in [1.82, 2.24) is 3.97 Å². The van der Waals surface area contributed by atoms with Crippen LogP contribution in [0.5, 0.6) is 0 Å². The molecule has 32 heavy (non-hydrogen) atoms. The second-order valence-electron chi connectivity index (χ2n) is 8.71. The first-order valence-corrected chi connectivity index (χ1v) is 11.8. The summed E-state index contributed by atoms with van der Waals surface area (Å²) in [7, 11) is -4.06. The number of nitrogens with one attached hydrogen (secondary N) is 1. The van der Waals surface area contributed by atoms with Crippen LogP contribution >= 0.6 is 0 Å². The van der Waals surface area contributed by atoms with Crippen molar-refractivity contribution in [1.29, 1.82) is 0 Å². The summed E-state index contributed by atoms with van der Waals surface area (Å²) in [5, 5.41) is 15.2. The summed E-state index contributed by atoms with van der Waals surface area (Å²) in [5.74, 6) is 0.471. The molecule has 2 heterocycles. The van der Waals surface area contributed by atoms with Gasteiger partial charge in [0.15, 0.2) is 0 Å². The number of hydrogen-bond donors (Lipinski definition) is 1. The summed E-state index contributed by atoms with van der Waals surface area (Å²) in [6.07, 6.45) is 0. The molecule has 2 aromatic carbocycles. The molecule has 1 N–H and O–H groups in total. The number of rotatable bonds is 5. The Morgan fingerprint density at radius 1 is 1.03 bits per heavy atom. The number of nitro benzene ring substituents is 1. The molecule has 1 saturated heterocycles. The number of nitrogens with zero attached hydrogens (tertiary/aromatic N) is 3. The maximum Gasteiger partial charge on any atom is 0.269 e. The molecule has 170 valence electrons. The number of fused-ring (bicyclic) bond motifs is 1. The molecule has 0 unspecified atom stereocenters. The fourth-order valence-corrected chi connectivity index (χ4v) is 5.34. The lowest BCUT2D eigenvalue weighted by Gasteiger charge is -2.32. The molecule has 3 aromatic rings. The van der Waals surface area contributed by atoms with Gasteiger partial charge < -0.3 is 15.0 Å². The number of benzene rings is 2. The van der Waals surface area contributed by atoms with Gasteiger partial charge in [0, 0.05) is 36.1 Å². The summed E-state index contributed by atoms with van der Waals surface area (Å²) in [6.45, 7) is 8.31. The molecule has 0 amide bonds. The zero-order chi connectivity index (χ0) is 23.1. The van der Waals surface area contributed by atoms with Gasteiger partial charge in [-0.15, -0.1) is 0 Å². The zero-order valence-electron chi connectivity index (χ0n) is 18.2. The van der Waals surface area contributed by atoms with E-state index in [4.69, 9.17) is 4.74 Å². The first-order valence-electron chi connectivity index (χ1n) is 10.3. The third-order valence-corrected chi connectivity index (χ3v) is 6.94. The molecule has 0 atom stereocenters. The highest BCUT2D eigenvalue weighted by molar-refractivity contribution is 7.90. The number of hydrogen-bond acceptors (Lipinski definition) is 7. The molecule has 1 aromatic heterocycles. The Kier molecular flexibility index (Phi) is 5.59. The highest BCUT2D eigenvalue weighted by Gasteiger charge is 2.32. The van der Waals surface area contributed by atoms with Crippen LogP contribution in [0.3, 0.4) is 0 Å². The van der Waals surface area contributed by atoms with Crippen molar-refractivity contribution in [2.45, 2.75) is 31.2 Å². The van der Waals surface area contributed by atoms with Crippen LogP contribution < -0.4 is 10.2 Å². The molecule has 0 spiro atoms. The summed E-state index contributed by atoms with van der Waals surface area (Å²) in [4.78, 5) is 12.6. The average molecular weight is 459 g/mol. The molecule has 9 nitrogen and oxygen atoms in total. The van der Waals surface area contributed by atoms with Crippen LogP contribution in [0.4, 0.5) is 17.2 Å². The lowest BCUT2D eigenvalue weighted by atomic mass is 10.1. The van der Waals surface area contributed by atoms with Crippen LogP contribution in [-0.2, 0) is 14.8 Å². The van der Waals surface area contributed by atoms with Crippen molar-refractivity contribution in [2.75, 3.05) is 36.5 Å². The van der Waals surface area contributed by atoms with Crippen molar-refractivity contribution >= 4 is 38.1 Å². The molecule has 1 aliphatic heterocycles. The Bertz CT molecular complexity index is 1250. The summed E-state index contributed by atoms with van der Waals surface area (Å²) >= 11 is 0. The van der Waals surface area contributed by atoms with Gasteiger partial charge in [-0.05, 0) is 39.0 Å². The summed E-state index contributed by atoms with van der Waals surface area (Å²) in [6, 6.07) is 12.3. The lowest BCUT2D eigenvalue weighted by molar-refractivity contribution is -0.384. The smallest absolute Gasteiger partial charge is 0.269 e. The number of morpholine rings is 1. The van der Waals surface area contributed by atoms with E-state index in [1.54, 1.807) is 12.1 Å². The monoisotopic (exact) mass is 458 g/mol. The van der Waals surface area contributed by atoms with E-state index in [1.165, 1.54) is 28.2 Å². The summed E-state index contributed by atoms with van der Waals surface area (Å²) in [5.41, 5.74) is 0.768. The largest absolute Gasteiger partial charge is 0.378 e. The van der Waals surface area contributed by atoms with Crippen molar-refractivity contribution in [3.63, 3.8) is 0 Å². The predicted molar refractivity (Wildman–Crippen MR) is 124 cm³/mol. The van der Waals surface area contributed by atoms with Crippen molar-refractivity contribution in [3.05, 3.63) is 58.6 Å². The van der Waals surface area contributed by atoms with E-state index in [1.807, 2.05) is 32.9 Å².